The monoisotopic (exact) mass is 496 g/mol. The molecule has 3 saturated heterocycles. The van der Waals surface area contributed by atoms with E-state index in [0.717, 1.165) is 83.2 Å². The van der Waals surface area contributed by atoms with Crippen LogP contribution in [0.4, 0.5) is 4.79 Å². The summed E-state index contributed by atoms with van der Waals surface area (Å²) >= 11 is 0. The zero-order chi connectivity index (χ0) is 25.0. The molecule has 0 N–H and O–H groups in total. The lowest BCUT2D eigenvalue weighted by Gasteiger charge is -2.46. The topological polar surface area (TPSA) is 66.0 Å². The van der Waals surface area contributed by atoms with Crippen LogP contribution in [0.1, 0.15) is 94.3 Å². The van der Waals surface area contributed by atoms with E-state index in [1.54, 1.807) is 24.5 Å². The van der Waals surface area contributed by atoms with E-state index in [4.69, 9.17) is 4.74 Å². The third-order valence-corrected chi connectivity index (χ3v) is 9.36. The number of nitrogens with zero attached hydrogens (tertiary/aromatic N) is 4. The zero-order valence-corrected chi connectivity index (χ0v) is 22.1. The first-order valence-electron chi connectivity index (χ1n) is 14.5. The maximum absolute atomic E-state index is 13.1. The van der Waals surface area contributed by atoms with Crippen molar-refractivity contribution in [2.75, 3.05) is 32.7 Å². The molecule has 1 aromatic rings. The second-order valence-electron chi connectivity index (χ2n) is 11.5. The predicted octanol–water partition coefficient (Wildman–Crippen LogP) is 5.11. The summed E-state index contributed by atoms with van der Waals surface area (Å²) in [5, 5.41) is 0. The number of carbonyl (C=O) groups excluding carboxylic acids is 2. The molecule has 4 aliphatic rings. The number of aromatic nitrogens is 1. The van der Waals surface area contributed by atoms with Gasteiger partial charge in [0, 0.05) is 69.6 Å². The van der Waals surface area contributed by atoms with Gasteiger partial charge >= 0.3 is 6.09 Å². The summed E-state index contributed by atoms with van der Waals surface area (Å²) < 4.78 is 6.29. The Labute approximate surface area is 216 Å². The minimum Gasteiger partial charge on any atom is -0.440 e. The second-order valence-corrected chi connectivity index (χ2v) is 11.5. The smallest absolute Gasteiger partial charge is 0.410 e. The van der Waals surface area contributed by atoms with Crippen LogP contribution in [0.25, 0.3) is 0 Å². The van der Waals surface area contributed by atoms with Crippen LogP contribution >= 0.6 is 0 Å². The van der Waals surface area contributed by atoms with Gasteiger partial charge in [0.05, 0.1) is 6.04 Å². The van der Waals surface area contributed by atoms with Crippen molar-refractivity contribution in [3.8, 4) is 0 Å². The van der Waals surface area contributed by atoms with E-state index in [0.29, 0.717) is 12.0 Å². The molecule has 1 atom stereocenters. The quantitative estimate of drug-likeness (QED) is 0.525. The van der Waals surface area contributed by atoms with Gasteiger partial charge in [0.25, 0.3) is 5.91 Å². The van der Waals surface area contributed by atoms with E-state index in [-0.39, 0.29) is 23.6 Å². The van der Waals surface area contributed by atoms with E-state index >= 15 is 0 Å². The molecule has 1 aromatic heterocycles. The van der Waals surface area contributed by atoms with Crippen LogP contribution in [0, 0.1) is 5.92 Å². The molecule has 1 aliphatic carbocycles. The molecule has 1 spiro atoms. The SMILES string of the molecule is CCCCC1N(CC2CCCCC2)C(=O)OC12CCN(C1CCN(C(=O)c3ccncc3)CC1)CC2. The fourth-order valence-corrected chi connectivity index (χ4v) is 7.19. The number of unbranched alkanes of at least 4 members (excludes halogenated alkanes) is 1. The van der Waals surface area contributed by atoms with Gasteiger partial charge in [-0.15, -0.1) is 0 Å². The standard InChI is InChI=1S/C29H44N4O3/c1-2-3-9-26-29(36-28(35)33(26)22-23-7-5-4-6-8-23)14-20-31(21-15-29)25-12-18-32(19-13-25)27(34)24-10-16-30-17-11-24/h10-11,16-17,23,25-26H,2-9,12-15,18-22H2,1H3. The predicted molar refractivity (Wildman–Crippen MR) is 140 cm³/mol. The Bertz CT molecular complexity index is 872. The van der Waals surface area contributed by atoms with E-state index in [9.17, 15) is 9.59 Å². The first-order valence-corrected chi connectivity index (χ1v) is 14.5. The summed E-state index contributed by atoms with van der Waals surface area (Å²) in [6.07, 6.45) is 17.0. The molecule has 5 rings (SSSR count). The fourth-order valence-electron chi connectivity index (χ4n) is 7.19. The maximum Gasteiger partial charge on any atom is 0.410 e. The lowest BCUT2D eigenvalue weighted by atomic mass is 9.80. The van der Waals surface area contributed by atoms with Crippen molar-refractivity contribution in [1.29, 1.82) is 0 Å². The Balaban J connectivity index is 1.17. The highest BCUT2D eigenvalue weighted by atomic mass is 16.6. The zero-order valence-electron chi connectivity index (χ0n) is 22.1. The Morgan fingerprint density at radius 1 is 1.03 bits per heavy atom. The van der Waals surface area contributed by atoms with Gasteiger partial charge in [-0.05, 0) is 50.2 Å². The fraction of sp³-hybridized carbons (Fsp3) is 0.759. The first kappa shape index (κ1) is 25.5. The van der Waals surface area contributed by atoms with Gasteiger partial charge < -0.3 is 14.5 Å². The molecule has 0 aromatic carbocycles. The Morgan fingerprint density at radius 3 is 2.39 bits per heavy atom. The van der Waals surface area contributed by atoms with Crippen LogP contribution in [-0.4, -0.2) is 82.1 Å². The number of hydrogen-bond acceptors (Lipinski definition) is 5. The van der Waals surface area contributed by atoms with Crippen molar-refractivity contribution < 1.29 is 14.3 Å². The number of likely N-dealkylation sites (tertiary alicyclic amines) is 2. The summed E-state index contributed by atoms with van der Waals surface area (Å²) in [6.45, 7) is 6.70. The molecule has 2 amide bonds. The van der Waals surface area contributed by atoms with E-state index < -0.39 is 0 Å². The molecular weight excluding hydrogens is 452 g/mol. The maximum atomic E-state index is 13.1. The summed E-state index contributed by atoms with van der Waals surface area (Å²) in [4.78, 5) is 36.7. The molecule has 7 heteroatoms. The normalized spacial score (nSPS) is 25.9. The molecule has 36 heavy (non-hydrogen) atoms. The molecule has 7 nitrogen and oxygen atoms in total. The van der Waals surface area contributed by atoms with E-state index in [2.05, 4.69) is 21.7 Å². The van der Waals surface area contributed by atoms with Gasteiger partial charge in [-0.2, -0.15) is 0 Å². The molecule has 4 fully saturated rings. The van der Waals surface area contributed by atoms with Crippen LogP contribution in [0.5, 0.6) is 0 Å². The van der Waals surface area contributed by atoms with Gasteiger partial charge in [0.15, 0.2) is 0 Å². The third kappa shape index (κ3) is 5.41. The van der Waals surface area contributed by atoms with Gasteiger partial charge in [-0.1, -0.05) is 39.0 Å². The third-order valence-electron chi connectivity index (χ3n) is 9.36. The van der Waals surface area contributed by atoms with Crippen molar-refractivity contribution in [2.45, 2.75) is 102 Å². The Morgan fingerprint density at radius 2 is 1.72 bits per heavy atom. The van der Waals surface area contributed by atoms with Gasteiger partial charge in [-0.3, -0.25) is 14.7 Å². The van der Waals surface area contributed by atoms with Crippen molar-refractivity contribution in [3.05, 3.63) is 30.1 Å². The van der Waals surface area contributed by atoms with Crippen LogP contribution < -0.4 is 0 Å². The second kappa shape index (κ2) is 11.5. The van der Waals surface area contributed by atoms with Crippen molar-refractivity contribution >= 4 is 12.0 Å². The Kier molecular flexibility index (Phi) is 8.14. The number of rotatable bonds is 7. The highest BCUT2D eigenvalue weighted by molar-refractivity contribution is 5.94. The molecule has 1 unspecified atom stereocenters. The van der Waals surface area contributed by atoms with E-state index in [1.807, 2.05) is 4.90 Å². The summed E-state index contributed by atoms with van der Waals surface area (Å²) in [7, 11) is 0. The minimum atomic E-state index is -0.310. The number of hydrogen-bond donors (Lipinski definition) is 0. The highest BCUT2D eigenvalue weighted by Crippen LogP contribution is 2.42. The average molecular weight is 497 g/mol. The molecule has 1 saturated carbocycles. The van der Waals surface area contributed by atoms with E-state index in [1.165, 1.54) is 32.1 Å². The molecule has 0 bridgehead atoms. The molecule has 4 heterocycles. The van der Waals surface area contributed by atoms with Gasteiger partial charge in [0.2, 0.25) is 0 Å². The highest BCUT2D eigenvalue weighted by Gasteiger charge is 2.55. The number of piperidine rings is 2. The number of ether oxygens (including phenoxy) is 1. The van der Waals surface area contributed by atoms with Crippen LogP contribution in [0.2, 0.25) is 0 Å². The van der Waals surface area contributed by atoms with Crippen molar-refractivity contribution in [1.82, 2.24) is 19.7 Å². The summed E-state index contributed by atoms with van der Waals surface area (Å²) in [5.74, 6) is 0.758. The molecular formula is C29H44N4O3. The minimum absolute atomic E-state index is 0.0574. The number of pyridine rings is 1. The van der Waals surface area contributed by atoms with Gasteiger partial charge in [0.1, 0.15) is 5.60 Å². The molecule has 3 aliphatic heterocycles. The lowest BCUT2D eigenvalue weighted by Crippen LogP contribution is -2.56. The largest absolute Gasteiger partial charge is 0.440 e. The number of amides is 2. The lowest BCUT2D eigenvalue weighted by molar-refractivity contribution is -0.0385. The van der Waals surface area contributed by atoms with Crippen molar-refractivity contribution in [3.63, 3.8) is 0 Å². The van der Waals surface area contributed by atoms with Crippen LogP contribution in [0.15, 0.2) is 24.5 Å². The molecule has 198 valence electrons. The number of carbonyl (C=O) groups is 2. The Hall–Kier alpha value is -2.15. The van der Waals surface area contributed by atoms with Gasteiger partial charge in [-0.25, -0.2) is 4.79 Å². The van der Waals surface area contributed by atoms with Crippen LogP contribution in [0.3, 0.4) is 0 Å². The first-order chi connectivity index (χ1) is 17.6. The van der Waals surface area contributed by atoms with Crippen molar-refractivity contribution in [2.24, 2.45) is 5.92 Å². The summed E-state index contributed by atoms with van der Waals surface area (Å²) in [5.41, 5.74) is 0.414. The molecule has 0 radical (unpaired) electrons. The average Bonchev–Trinajstić information content (AvgIpc) is 3.18. The van der Waals surface area contributed by atoms with Crippen LogP contribution in [-0.2, 0) is 4.74 Å². The summed E-state index contributed by atoms with van der Waals surface area (Å²) in [6, 6.07) is 4.34.